The van der Waals surface area contributed by atoms with E-state index in [4.69, 9.17) is 7.42 Å². The van der Waals surface area contributed by atoms with Crippen LogP contribution < -0.4 is 7.42 Å². The Morgan fingerprint density at radius 2 is 1.60 bits per heavy atom. The molecule has 0 amide bonds. The van der Waals surface area contributed by atoms with Gasteiger partial charge in [-0.1, -0.05) is 0 Å². The summed E-state index contributed by atoms with van der Waals surface area (Å²) in [4.78, 5) is 0. The van der Waals surface area contributed by atoms with Crippen molar-refractivity contribution in [2.75, 3.05) is 7.11 Å². The first kappa shape index (κ1) is 7.84. The molecular weight excluding hydrogens is 320 g/mol. The fraction of sp³-hybridized carbons (Fsp3) is 0.143. The molecule has 50 valence electrons. The Kier molecular flexibility index (Phi) is 2.98. The van der Waals surface area contributed by atoms with E-state index in [1.54, 1.807) is 7.11 Å². The van der Waals surface area contributed by atoms with Gasteiger partial charge in [0, 0.05) is 0 Å². The molecule has 3 heteroatoms. The van der Waals surface area contributed by atoms with Gasteiger partial charge in [0.1, 0.15) is 0 Å². The first-order chi connectivity index (χ1) is 4.86. The van der Waals surface area contributed by atoms with Crippen molar-refractivity contribution in [2.24, 2.45) is 0 Å². The second-order valence-electron chi connectivity index (χ2n) is 1.79. The fourth-order valence-electron chi connectivity index (χ4n) is 0.654. The third kappa shape index (κ3) is 1.86. The molecule has 0 unspecified atom stereocenters. The van der Waals surface area contributed by atoms with Crippen LogP contribution in [-0.4, -0.2) is 33.3 Å². The van der Waals surface area contributed by atoms with Crippen LogP contribution in [0.5, 0.6) is 11.5 Å². The van der Waals surface area contributed by atoms with Gasteiger partial charge in [-0.15, -0.1) is 0 Å². The average Bonchev–Trinajstić information content (AvgIpc) is 2.05. The Morgan fingerprint density at radius 3 is 2.00 bits per heavy atom. The van der Waals surface area contributed by atoms with Crippen LogP contribution in [-0.2, 0) is 0 Å². The second kappa shape index (κ2) is 3.80. The molecule has 1 rings (SSSR count). The molecule has 0 radical (unpaired) electrons. The number of hydrogen-bond acceptors (Lipinski definition) is 2. The maximum absolute atomic E-state index is 5.12. The summed E-state index contributed by atoms with van der Waals surface area (Å²) < 4.78 is 10.1. The summed E-state index contributed by atoms with van der Waals surface area (Å²) in [5, 5.41) is 0. The zero-order chi connectivity index (χ0) is 7.40. The van der Waals surface area contributed by atoms with Crippen molar-refractivity contribution in [3.63, 3.8) is 0 Å². The van der Waals surface area contributed by atoms with Crippen LogP contribution in [0.15, 0.2) is 24.3 Å². The van der Waals surface area contributed by atoms with Crippen LogP contribution in [0.4, 0.5) is 0 Å². The van der Waals surface area contributed by atoms with Gasteiger partial charge >= 0.3 is 76.5 Å². The number of ether oxygens (including phenoxy) is 1. The number of rotatable bonds is 2. The SMILES string of the molecule is COc1ccc([O][Tl])cc1. The molecule has 0 spiro atoms. The van der Waals surface area contributed by atoms with Crippen LogP contribution in [0.2, 0.25) is 0 Å². The number of methoxy groups -OCH3 is 1. The van der Waals surface area contributed by atoms with E-state index >= 15 is 0 Å². The van der Waals surface area contributed by atoms with Crippen LogP contribution >= 0.6 is 0 Å². The van der Waals surface area contributed by atoms with Gasteiger partial charge in [0.25, 0.3) is 0 Å². The van der Waals surface area contributed by atoms with Crippen molar-refractivity contribution in [3.8, 4) is 11.5 Å². The summed E-state index contributed by atoms with van der Waals surface area (Å²) in [5.41, 5.74) is 0. The predicted molar refractivity (Wildman–Crippen MR) is 39.4 cm³/mol. The standard InChI is InChI=1S/C7H8O2.Tl/c1-9-7-4-2-6(8)3-5-7;/h2-5,8H,1H3;/q;+1/p-1. The molecule has 0 bridgehead atoms. The van der Waals surface area contributed by atoms with Crippen molar-refractivity contribution in [2.45, 2.75) is 0 Å². The summed E-state index contributed by atoms with van der Waals surface area (Å²) in [6, 6.07) is 7.58. The summed E-state index contributed by atoms with van der Waals surface area (Å²) in [6.07, 6.45) is 0. The van der Waals surface area contributed by atoms with E-state index in [1.807, 2.05) is 24.3 Å². The van der Waals surface area contributed by atoms with Crippen molar-refractivity contribution in [3.05, 3.63) is 24.3 Å². The van der Waals surface area contributed by atoms with Gasteiger partial charge in [-0.05, 0) is 0 Å². The molecule has 0 aliphatic carbocycles. The van der Waals surface area contributed by atoms with Crippen LogP contribution in [0.25, 0.3) is 0 Å². The molecule has 0 heterocycles. The molecule has 0 saturated carbocycles. The Morgan fingerprint density at radius 1 is 1.10 bits per heavy atom. The van der Waals surface area contributed by atoms with Crippen LogP contribution in [0, 0.1) is 0 Å². The van der Waals surface area contributed by atoms with Crippen molar-refractivity contribution < 1.29 is 7.42 Å². The Labute approximate surface area is 76.5 Å². The molecule has 1 aromatic carbocycles. The van der Waals surface area contributed by atoms with E-state index in [2.05, 4.69) is 0 Å². The predicted octanol–water partition coefficient (Wildman–Crippen LogP) is 1.16. The van der Waals surface area contributed by atoms with Gasteiger partial charge in [0.15, 0.2) is 0 Å². The van der Waals surface area contributed by atoms with E-state index < -0.39 is 0 Å². The summed E-state index contributed by atoms with van der Waals surface area (Å²) in [6.45, 7) is 0. The van der Waals surface area contributed by atoms with E-state index in [1.165, 1.54) is 0 Å². The van der Waals surface area contributed by atoms with E-state index in [9.17, 15) is 0 Å². The molecule has 0 N–H and O–H groups in total. The van der Waals surface area contributed by atoms with Crippen molar-refractivity contribution in [1.29, 1.82) is 0 Å². The number of hydrogen-bond donors (Lipinski definition) is 0. The molecule has 10 heavy (non-hydrogen) atoms. The minimum atomic E-state index is 0.554. The molecule has 0 atom stereocenters. The van der Waals surface area contributed by atoms with Gasteiger partial charge in [-0.25, -0.2) is 0 Å². The molecule has 0 aliphatic heterocycles. The zero-order valence-electron chi connectivity index (χ0n) is 5.70. The molecule has 2 nitrogen and oxygen atoms in total. The fourth-order valence-corrected chi connectivity index (χ4v) is 1.27. The Bertz CT molecular complexity index is 172. The van der Waals surface area contributed by atoms with Crippen LogP contribution in [0.1, 0.15) is 0 Å². The zero-order valence-corrected chi connectivity index (χ0v) is 10.2. The topological polar surface area (TPSA) is 18.5 Å². The molecular formula is C7H7O2Tl. The Hall–Kier alpha value is -0.258. The van der Waals surface area contributed by atoms with Gasteiger partial charge in [-0.3, -0.25) is 0 Å². The quantitative estimate of drug-likeness (QED) is 0.759. The summed E-state index contributed by atoms with van der Waals surface area (Å²) in [7, 11) is 1.65. The molecule has 0 aliphatic rings. The maximum atomic E-state index is 5.12. The van der Waals surface area contributed by atoms with Crippen molar-refractivity contribution in [1.82, 2.24) is 0 Å². The minimum absolute atomic E-state index is 0.554. The van der Waals surface area contributed by atoms with Gasteiger partial charge in [0.05, 0.1) is 0 Å². The summed E-state index contributed by atoms with van der Waals surface area (Å²) in [5.74, 6) is 1.79. The monoisotopic (exact) mass is 328 g/mol. The molecule has 0 fully saturated rings. The van der Waals surface area contributed by atoms with Gasteiger partial charge in [0.2, 0.25) is 0 Å². The average molecular weight is 328 g/mol. The van der Waals surface area contributed by atoms with Crippen molar-refractivity contribution >= 4 is 26.2 Å². The number of benzene rings is 1. The van der Waals surface area contributed by atoms with E-state index in [0.29, 0.717) is 26.2 Å². The molecule has 1 aromatic rings. The molecule has 0 saturated heterocycles. The van der Waals surface area contributed by atoms with E-state index in [-0.39, 0.29) is 0 Å². The normalized spacial score (nSPS) is 8.80. The summed E-state index contributed by atoms with van der Waals surface area (Å²) >= 11 is 0.554. The van der Waals surface area contributed by atoms with Gasteiger partial charge < -0.3 is 0 Å². The molecule has 0 aromatic heterocycles. The van der Waals surface area contributed by atoms with Gasteiger partial charge in [-0.2, -0.15) is 0 Å². The van der Waals surface area contributed by atoms with Crippen LogP contribution in [0.3, 0.4) is 0 Å². The third-order valence-corrected chi connectivity index (χ3v) is 2.25. The first-order valence-electron chi connectivity index (χ1n) is 2.87. The first-order valence-corrected chi connectivity index (χ1v) is 4.71. The van der Waals surface area contributed by atoms with E-state index in [0.717, 1.165) is 11.5 Å². The Balaban J connectivity index is 2.80. The third-order valence-electron chi connectivity index (χ3n) is 1.20. The second-order valence-corrected chi connectivity index (χ2v) is 2.71.